The minimum Gasteiger partial charge on any atom is -0.386 e. The standard InChI is InChI=1S/C11H23NO3/c1-3-4-5-6-7-8-9-11(13)10(2)12(14)15/h10-11,13H,3-9H2,1-2H3/t10-,11+/m0/s1. The maximum absolute atomic E-state index is 10.4. The topological polar surface area (TPSA) is 63.4 Å². The fraction of sp³-hybridized carbons (Fsp3) is 1.00. The molecular weight excluding hydrogens is 194 g/mol. The van der Waals surface area contributed by atoms with Crippen molar-refractivity contribution in [2.75, 3.05) is 0 Å². The second-order valence-electron chi connectivity index (χ2n) is 4.15. The third-order valence-corrected chi connectivity index (χ3v) is 2.74. The maximum atomic E-state index is 10.4. The zero-order valence-electron chi connectivity index (χ0n) is 9.82. The molecule has 0 saturated heterocycles. The SMILES string of the molecule is CCCCCCCC[C@@H](O)[C@H](C)[N+](=O)[O-]. The van der Waals surface area contributed by atoms with Crippen LogP contribution in [0.4, 0.5) is 0 Å². The summed E-state index contributed by atoms with van der Waals surface area (Å²) in [7, 11) is 0. The number of hydrogen-bond donors (Lipinski definition) is 1. The number of nitrogens with zero attached hydrogens (tertiary/aromatic N) is 1. The highest BCUT2D eigenvalue weighted by Gasteiger charge is 2.22. The molecule has 0 aromatic heterocycles. The number of unbranched alkanes of at least 4 members (excludes halogenated alkanes) is 5. The van der Waals surface area contributed by atoms with Crippen molar-refractivity contribution >= 4 is 0 Å². The first-order chi connectivity index (χ1) is 7.09. The molecular formula is C11H23NO3. The quantitative estimate of drug-likeness (QED) is 0.367. The molecule has 0 aliphatic rings. The van der Waals surface area contributed by atoms with Gasteiger partial charge in [0.15, 0.2) is 0 Å². The Kier molecular flexibility index (Phi) is 8.28. The first-order valence-electron chi connectivity index (χ1n) is 5.91. The van der Waals surface area contributed by atoms with Crippen molar-refractivity contribution in [1.29, 1.82) is 0 Å². The minimum atomic E-state index is -0.833. The molecule has 0 unspecified atom stereocenters. The molecule has 4 heteroatoms. The predicted octanol–water partition coefficient (Wildman–Crippen LogP) is 2.76. The van der Waals surface area contributed by atoms with Crippen LogP contribution in [0, 0.1) is 10.1 Å². The molecule has 0 spiro atoms. The molecule has 1 N–H and O–H groups in total. The Morgan fingerprint density at radius 1 is 1.20 bits per heavy atom. The van der Waals surface area contributed by atoms with E-state index in [0.717, 1.165) is 12.8 Å². The molecule has 4 nitrogen and oxygen atoms in total. The smallest absolute Gasteiger partial charge is 0.235 e. The van der Waals surface area contributed by atoms with Gasteiger partial charge >= 0.3 is 0 Å². The minimum absolute atomic E-state index is 0.415. The molecule has 90 valence electrons. The summed E-state index contributed by atoms with van der Waals surface area (Å²) in [5.74, 6) is 0. The van der Waals surface area contributed by atoms with E-state index in [9.17, 15) is 15.2 Å². The van der Waals surface area contributed by atoms with Gasteiger partial charge in [-0.1, -0.05) is 45.4 Å². The van der Waals surface area contributed by atoms with Crippen molar-refractivity contribution in [2.45, 2.75) is 70.9 Å². The summed E-state index contributed by atoms with van der Waals surface area (Å²) in [4.78, 5) is 9.95. The summed E-state index contributed by atoms with van der Waals surface area (Å²) >= 11 is 0. The Morgan fingerprint density at radius 2 is 1.73 bits per heavy atom. The van der Waals surface area contributed by atoms with Crippen LogP contribution in [-0.2, 0) is 0 Å². The molecule has 0 aliphatic carbocycles. The Bertz CT molecular complexity index is 173. The van der Waals surface area contributed by atoms with Gasteiger partial charge in [-0.15, -0.1) is 0 Å². The number of aliphatic hydroxyl groups excluding tert-OH is 1. The molecule has 0 aromatic rings. The highest BCUT2D eigenvalue weighted by molar-refractivity contribution is 4.62. The van der Waals surface area contributed by atoms with Crippen molar-refractivity contribution in [3.63, 3.8) is 0 Å². The third-order valence-electron chi connectivity index (χ3n) is 2.74. The molecule has 15 heavy (non-hydrogen) atoms. The summed E-state index contributed by atoms with van der Waals surface area (Å²) in [5, 5.41) is 19.8. The molecule has 0 fully saturated rings. The van der Waals surface area contributed by atoms with E-state index in [-0.39, 0.29) is 0 Å². The first-order valence-corrected chi connectivity index (χ1v) is 5.91. The molecule has 0 bridgehead atoms. The van der Waals surface area contributed by atoms with Crippen LogP contribution < -0.4 is 0 Å². The third kappa shape index (κ3) is 7.31. The predicted molar refractivity (Wildman–Crippen MR) is 60.5 cm³/mol. The van der Waals surface area contributed by atoms with Crippen molar-refractivity contribution in [2.24, 2.45) is 0 Å². The number of rotatable bonds is 9. The molecule has 0 radical (unpaired) electrons. The molecule has 0 amide bonds. The molecule has 0 heterocycles. The summed E-state index contributed by atoms with van der Waals surface area (Å²) < 4.78 is 0. The van der Waals surface area contributed by atoms with Gasteiger partial charge < -0.3 is 5.11 Å². The van der Waals surface area contributed by atoms with Gasteiger partial charge in [-0.2, -0.15) is 0 Å². The monoisotopic (exact) mass is 217 g/mol. The van der Waals surface area contributed by atoms with E-state index >= 15 is 0 Å². The lowest BCUT2D eigenvalue weighted by Crippen LogP contribution is -2.30. The van der Waals surface area contributed by atoms with Crippen LogP contribution in [-0.4, -0.2) is 22.2 Å². The first kappa shape index (κ1) is 14.4. The van der Waals surface area contributed by atoms with Crippen molar-refractivity contribution in [1.82, 2.24) is 0 Å². The molecule has 2 atom stereocenters. The number of aliphatic hydroxyl groups is 1. The normalized spacial score (nSPS) is 14.9. The molecule has 0 rings (SSSR count). The Labute approximate surface area is 91.8 Å². The van der Waals surface area contributed by atoms with Crippen LogP contribution in [0.25, 0.3) is 0 Å². The Balaban J connectivity index is 3.38. The maximum Gasteiger partial charge on any atom is 0.235 e. The van der Waals surface area contributed by atoms with Crippen LogP contribution in [0.15, 0.2) is 0 Å². The van der Waals surface area contributed by atoms with Gasteiger partial charge in [-0.25, -0.2) is 0 Å². The van der Waals surface area contributed by atoms with E-state index in [1.54, 1.807) is 0 Å². The highest BCUT2D eigenvalue weighted by Crippen LogP contribution is 2.11. The summed E-state index contributed by atoms with van der Waals surface area (Å²) in [6.45, 7) is 3.63. The molecule has 0 aliphatic heterocycles. The van der Waals surface area contributed by atoms with Gasteiger partial charge in [0.25, 0.3) is 0 Å². The van der Waals surface area contributed by atoms with Crippen LogP contribution in [0.3, 0.4) is 0 Å². The van der Waals surface area contributed by atoms with Gasteiger partial charge in [0.2, 0.25) is 6.04 Å². The summed E-state index contributed by atoms with van der Waals surface area (Å²) in [6, 6.07) is -0.833. The van der Waals surface area contributed by atoms with E-state index in [1.165, 1.54) is 32.6 Å². The average molecular weight is 217 g/mol. The van der Waals surface area contributed by atoms with E-state index in [2.05, 4.69) is 6.92 Å². The van der Waals surface area contributed by atoms with Crippen LogP contribution in [0.1, 0.15) is 58.8 Å². The summed E-state index contributed by atoms with van der Waals surface area (Å²) in [6.07, 6.45) is 6.62. The largest absolute Gasteiger partial charge is 0.386 e. The van der Waals surface area contributed by atoms with Crippen molar-refractivity contribution in [3.8, 4) is 0 Å². The fourth-order valence-corrected chi connectivity index (χ4v) is 1.52. The van der Waals surface area contributed by atoms with Gasteiger partial charge in [-0.3, -0.25) is 10.1 Å². The summed E-state index contributed by atoms with van der Waals surface area (Å²) in [5.41, 5.74) is 0. The highest BCUT2D eigenvalue weighted by atomic mass is 16.6. The van der Waals surface area contributed by atoms with Crippen LogP contribution in [0.2, 0.25) is 0 Å². The van der Waals surface area contributed by atoms with E-state index in [1.807, 2.05) is 0 Å². The van der Waals surface area contributed by atoms with Crippen molar-refractivity contribution < 1.29 is 10.0 Å². The van der Waals surface area contributed by atoms with E-state index in [4.69, 9.17) is 0 Å². The number of hydrogen-bond acceptors (Lipinski definition) is 3. The second-order valence-corrected chi connectivity index (χ2v) is 4.15. The molecule has 0 aromatic carbocycles. The lowest BCUT2D eigenvalue weighted by molar-refractivity contribution is -0.530. The van der Waals surface area contributed by atoms with Gasteiger partial charge in [0.05, 0.1) is 0 Å². The lowest BCUT2D eigenvalue weighted by atomic mass is 10.0. The number of nitro groups is 1. The second kappa shape index (κ2) is 8.65. The van der Waals surface area contributed by atoms with E-state index in [0.29, 0.717) is 6.42 Å². The van der Waals surface area contributed by atoms with Crippen molar-refractivity contribution in [3.05, 3.63) is 10.1 Å². The van der Waals surface area contributed by atoms with Gasteiger partial charge in [0, 0.05) is 11.8 Å². The Morgan fingerprint density at radius 3 is 2.27 bits per heavy atom. The molecule has 0 saturated carbocycles. The fourth-order valence-electron chi connectivity index (χ4n) is 1.52. The average Bonchev–Trinajstić information content (AvgIpc) is 2.21. The van der Waals surface area contributed by atoms with E-state index < -0.39 is 17.1 Å². The van der Waals surface area contributed by atoms with Crippen LogP contribution >= 0.6 is 0 Å². The zero-order valence-corrected chi connectivity index (χ0v) is 9.82. The zero-order chi connectivity index (χ0) is 11.7. The van der Waals surface area contributed by atoms with Crippen LogP contribution in [0.5, 0.6) is 0 Å². The van der Waals surface area contributed by atoms with Gasteiger partial charge in [0.1, 0.15) is 6.10 Å². The lowest BCUT2D eigenvalue weighted by Gasteiger charge is -2.11. The Hall–Kier alpha value is -0.640. The van der Waals surface area contributed by atoms with Gasteiger partial charge in [-0.05, 0) is 6.42 Å².